The van der Waals surface area contributed by atoms with E-state index in [4.69, 9.17) is 5.73 Å². The number of fused-ring (bicyclic) bond motifs is 1. The summed E-state index contributed by atoms with van der Waals surface area (Å²) in [6, 6.07) is 16.7. The highest BCUT2D eigenvalue weighted by Gasteiger charge is 2.36. The molecule has 1 heterocycles. The smallest absolute Gasteiger partial charge is 0.266 e. The molecule has 2 N–H and O–H groups in total. The second-order valence-electron chi connectivity index (χ2n) is 6.56. The number of hydrogen-bond donors (Lipinski definition) is 1. The van der Waals surface area contributed by atoms with Gasteiger partial charge in [-0.15, -0.1) is 0 Å². The number of nitrogen functional groups attached to an aromatic ring is 1. The lowest BCUT2D eigenvalue weighted by Gasteiger charge is -2.14. The molecule has 0 saturated heterocycles. The third-order valence-corrected chi connectivity index (χ3v) is 6.42. The van der Waals surface area contributed by atoms with Gasteiger partial charge in [0.05, 0.1) is 26.6 Å². The zero-order valence-electron chi connectivity index (χ0n) is 14.9. The van der Waals surface area contributed by atoms with Crippen LogP contribution in [0.3, 0.4) is 0 Å². The van der Waals surface area contributed by atoms with Crippen LogP contribution in [0.2, 0.25) is 0 Å². The van der Waals surface area contributed by atoms with E-state index in [0.29, 0.717) is 22.5 Å². The molecule has 7 heteroatoms. The topological polar surface area (TPSA) is 97.5 Å². The van der Waals surface area contributed by atoms with E-state index in [1.807, 2.05) is 6.92 Å². The van der Waals surface area contributed by atoms with Crippen LogP contribution in [0, 0.1) is 6.92 Å². The zero-order chi connectivity index (χ0) is 20.1. The van der Waals surface area contributed by atoms with E-state index in [-0.39, 0.29) is 9.79 Å². The third-order valence-electron chi connectivity index (χ3n) is 4.64. The van der Waals surface area contributed by atoms with Gasteiger partial charge in [-0.05, 0) is 67.6 Å². The first kappa shape index (κ1) is 17.9. The molecule has 0 saturated carbocycles. The predicted molar refractivity (Wildman–Crippen MR) is 105 cm³/mol. The molecule has 2 amide bonds. The van der Waals surface area contributed by atoms with Crippen LogP contribution >= 0.6 is 0 Å². The minimum Gasteiger partial charge on any atom is -0.399 e. The number of carbonyl (C=O) groups is 2. The normalized spacial score (nSPS) is 13.7. The average molecular weight is 392 g/mol. The lowest BCUT2D eigenvalue weighted by atomic mass is 10.1. The molecule has 0 atom stereocenters. The van der Waals surface area contributed by atoms with Crippen LogP contribution in [0.1, 0.15) is 26.3 Å². The van der Waals surface area contributed by atoms with E-state index < -0.39 is 21.7 Å². The Kier molecular flexibility index (Phi) is 4.05. The SMILES string of the molecule is Cc1ccc2c(c1)C(=O)N(c1ccc(S(=O)(=O)c3ccc(N)cc3)cc1)C2=O. The van der Waals surface area contributed by atoms with Gasteiger partial charge in [-0.25, -0.2) is 13.3 Å². The second-order valence-corrected chi connectivity index (χ2v) is 8.51. The van der Waals surface area contributed by atoms with Crippen LogP contribution in [0.15, 0.2) is 76.5 Å². The summed E-state index contributed by atoms with van der Waals surface area (Å²) in [7, 11) is -3.73. The van der Waals surface area contributed by atoms with Gasteiger partial charge in [0.2, 0.25) is 9.84 Å². The summed E-state index contributed by atoms with van der Waals surface area (Å²) in [6.07, 6.45) is 0. The van der Waals surface area contributed by atoms with E-state index in [2.05, 4.69) is 0 Å². The Morgan fingerprint density at radius 2 is 1.29 bits per heavy atom. The molecule has 4 rings (SSSR count). The molecule has 140 valence electrons. The number of carbonyl (C=O) groups excluding carboxylic acids is 2. The predicted octanol–water partition coefficient (Wildman–Crippen LogP) is 3.21. The van der Waals surface area contributed by atoms with Crippen molar-refractivity contribution in [1.29, 1.82) is 0 Å². The highest BCUT2D eigenvalue weighted by molar-refractivity contribution is 7.91. The second kappa shape index (κ2) is 6.31. The molecule has 0 unspecified atom stereocenters. The van der Waals surface area contributed by atoms with Crippen molar-refractivity contribution in [3.05, 3.63) is 83.4 Å². The fraction of sp³-hybridized carbons (Fsp3) is 0.0476. The summed E-state index contributed by atoms with van der Waals surface area (Å²) >= 11 is 0. The number of rotatable bonds is 3. The largest absolute Gasteiger partial charge is 0.399 e. The summed E-state index contributed by atoms with van der Waals surface area (Å²) in [5.74, 6) is -0.841. The van der Waals surface area contributed by atoms with Crippen LogP contribution in [-0.2, 0) is 9.84 Å². The molecular formula is C21H16N2O4S. The molecule has 6 nitrogen and oxygen atoms in total. The molecule has 0 bridgehead atoms. The van der Waals surface area contributed by atoms with Crippen LogP contribution in [0.5, 0.6) is 0 Å². The van der Waals surface area contributed by atoms with Crippen molar-refractivity contribution in [2.24, 2.45) is 0 Å². The first-order chi connectivity index (χ1) is 13.3. The number of aryl methyl sites for hydroxylation is 1. The standard InChI is InChI=1S/C21H16N2O4S/c1-13-2-11-18-19(12-13)21(25)23(20(18)24)15-5-9-17(10-6-15)28(26,27)16-7-3-14(22)4-8-16/h2-12H,22H2,1H3. The minimum absolute atomic E-state index is 0.0634. The summed E-state index contributed by atoms with van der Waals surface area (Å²) < 4.78 is 25.5. The fourth-order valence-corrected chi connectivity index (χ4v) is 4.41. The number of hydrogen-bond acceptors (Lipinski definition) is 5. The molecule has 0 aliphatic carbocycles. The van der Waals surface area contributed by atoms with Crippen molar-refractivity contribution in [2.75, 3.05) is 10.6 Å². The monoisotopic (exact) mass is 392 g/mol. The number of nitrogens with zero attached hydrogens (tertiary/aromatic N) is 1. The van der Waals surface area contributed by atoms with Crippen LogP contribution in [0.4, 0.5) is 11.4 Å². The van der Waals surface area contributed by atoms with Gasteiger partial charge in [0.15, 0.2) is 0 Å². The Bertz CT molecular complexity index is 1210. The number of sulfone groups is 1. The van der Waals surface area contributed by atoms with Crippen LogP contribution in [0.25, 0.3) is 0 Å². The first-order valence-electron chi connectivity index (χ1n) is 8.49. The maximum absolute atomic E-state index is 12.7. The van der Waals surface area contributed by atoms with Gasteiger partial charge in [-0.3, -0.25) is 9.59 Å². The van der Waals surface area contributed by atoms with Crippen molar-refractivity contribution in [3.63, 3.8) is 0 Å². The summed E-state index contributed by atoms with van der Waals surface area (Å²) in [5.41, 5.74) is 7.97. The van der Waals surface area contributed by atoms with E-state index in [0.717, 1.165) is 10.5 Å². The van der Waals surface area contributed by atoms with Gasteiger partial charge < -0.3 is 5.73 Å². The van der Waals surface area contributed by atoms with Crippen LogP contribution < -0.4 is 10.6 Å². The number of nitrogens with two attached hydrogens (primary N) is 1. The maximum Gasteiger partial charge on any atom is 0.266 e. The van der Waals surface area contributed by atoms with E-state index in [9.17, 15) is 18.0 Å². The zero-order valence-corrected chi connectivity index (χ0v) is 15.7. The molecule has 28 heavy (non-hydrogen) atoms. The summed E-state index contributed by atoms with van der Waals surface area (Å²) in [6.45, 7) is 1.84. The number of anilines is 2. The average Bonchev–Trinajstić information content (AvgIpc) is 2.92. The first-order valence-corrected chi connectivity index (χ1v) is 9.97. The van der Waals surface area contributed by atoms with Crippen molar-refractivity contribution in [3.8, 4) is 0 Å². The Hall–Kier alpha value is -3.45. The number of imide groups is 1. The lowest BCUT2D eigenvalue weighted by molar-refractivity contribution is 0.0926. The van der Waals surface area contributed by atoms with E-state index >= 15 is 0 Å². The Morgan fingerprint density at radius 3 is 1.89 bits per heavy atom. The van der Waals surface area contributed by atoms with Crippen LogP contribution in [-0.4, -0.2) is 20.2 Å². The summed E-state index contributed by atoms with van der Waals surface area (Å²) in [5, 5.41) is 0. The van der Waals surface area contributed by atoms with E-state index in [1.54, 1.807) is 18.2 Å². The van der Waals surface area contributed by atoms with Gasteiger partial charge in [-0.1, -0.05) is 11.6 Å². The van der Waals surface area contributed by atoms with Crippen molar-refractivity contribution in [2.45, 2.75) is 16.7 Å². The van der Waals surface area contributed by atoms with Crippen molar-refractivity contribution in [1.82, 2.24) is 0 Å². The molecule has 0 radical (unpaired) electrons. The van der Waals surface area contributed by atoms with Gasteiger partial charge in [0.1, 0.15) is 0 Å². The Balaban J connectivity index is 1.68. The summed E-state index contributed by atoms with van der Waals surface area (Å²) in [4.78, 5) is 26.5. The van der Waals surface area contributed by atoms with Crippen molar-refractivity contribution < 1.29 is 18.0 Å². The lowest BCUT2D eigenvalue weighted by Crippen LogP contribution is -2.29. The molecule has 1 aliphatic heterocycles. The molecule has 3 aromatic rings. The molecule has 0 spiro atoms. The third kappa shape index (κ3) is 2.76. The van der Waals surface area contributed by atoms with Gasteiger partial charge in [-0.2, -0.15) is 0 Å². The molecule has 3 aromatic carbocycles. The fourth-order valence-electron chi connectivity index (χ4n) is 3.15. The Labute approximate surface area is 162 Å². The number of benzene rings is 3. The minimum atomic E-state index is -3.73. The van der Waals surface area contributed by atoms with E-state index in [1.165, 1.54) is 48.5 Å². The molecular weight excluding hydrogens is 376 g/mol. The maximum atomic E-state index is 12.7. The van der Waals surface area contributed by atoms with Crippen molar-refractivity contribution >= 4 is 33.0 Å². The quantitative estimate of drug-likeness (QED) is 0.545. The number of amides is 2. The molecule has 1 aliphatic rings. The van der Waals surface area contributed by atoms with Gasteiger partial charge in [0.25, 0.3) is 11.8 Å². The highest BCUT2D eigenvalue weighted by Crippen LogP contribution is 2.30. The van der Waals surface area contributed by atoms with Gasteiger partial charge in [0, 0.05) is 5.69 Å². The van der Waals surface area contributed by atoms with Gasteiger partial charge >= 0.3 is 0 Å². The molecule has 0 fully saturated rings. The molecule has 0 aromatic heterocycles. The Morgan fingerprint density at radius 1 is 0.750 bits per heavy atom. The highest BCUT2D eigenvalue weighted by atomic mass is 32.2.